The number of rotatable bonds is 6. The van der Waals surface area contributed by atoms with E-state index in [-0.39, 0.29) is 23.5 Å². The summed E-state index contributed by atoms with van der Waals surface area (Å²) in [5.41, 5.74) is 1.38. The normalized spacial score (nSPS) is 10.0. The second-order valence-electron chi connectivity index (χ2n) is 4.27. The predicted octanol–water partition coefficient (Wildman–Crippen LogP) is 1.47. The van der Waals surface area contributed by atoms with Crippen molar-refractivity contribution in [3.8, 4) is 11.9 Å². The van der Waals surface area contributed by atoms with Crippen molar-refractivity contribution in [2.45, 2.75) is 6.42 Å². The van der Waals surface area contributed by atoms with E-state index < -0.39 is 0 Å². The van der Waals surface area contributed by atoms with Crippen LogP contribution in [0, 0.1) is 0 Å². The molecule has 0 aliphatic heterocycles. The number of amides is 1. The maximum atomic E-state index is 12.1. The van der Waals surface area contributed by atoms with Crippen LogP contribution in [-0.2, 0) is 6.42 Å². The molecule has 0 bridgehead atoms. The molecular formula is C15H17N3O3. The number of aromatic nitrogens is 2. The first-order valence-electron chi connectivity index (χ1n) is 6.52. The van der Waals surface area contributed by atoms with Crippen molar-refractivity contribution in [1.29, 1.82) is 0 Å². The predicted molar refractivity (Wildman–Crippen MR) is 77.6 cm³/mol. The molecule has 110 valence electrons. The first kappa shape index (κ1) is 14.8. The molecule has 0 saturated carbocycles. The molecule has 1 aromatic carbocycles. The van der Waals surface area contributed by atoms with Crippen LogP contribution in [-0.4, -0.2) is 36.6 Å². The van der Waals surface area contributed by atoms with Crippen molar-refractivity contribution < 1.29 is 14.3 Å². The SMILES string of the molecule is COc1cc(C(=O)NCCc2ccccc2)nc(OC)n1. The summed E-state index contributed by atoms with van der Waals surface area (Å²) in [5, 5.41) is 2.81. The van der Waals surface area contributed by atoms with Gasteiger partial charge in [0.2, 0.25) is 5.88 Å². The van der Waals surface area contributed by atoms with E-state index in [1.54, 1.807) is 0 Å². The summed E-state index contributed by atoms with van der Waals surface area (Å²) in [4.78, 5) is 20.0. The second kappa shape index (κ2) is 7.23. The number of hydrogen-bond donors (Lipinski definition) is 1. The summed E-state index contributed by atoms with van der Waals surface area (Å²) in [6.07, 6.45) is 0.756. The van der Waals surface area contributed by atoms with E-state index in [2.05, 4.69) is 15.3 Å². The van der Waals surface area contributed by atoms with Gasteiger partial charge in [0.25, 0.3) is 5.91 Å². The number of nitrogens with one attached hydrogen (secondary N) is 1. The van der Waals surface area contributed by atoms with Gasteiger partial charge in [0.15, 0.2) is 0 Å². The van der Waals surface area contributed by atoms with Crippen molar-refractivity contribution in [2.75, 3.05) is 20.8 Å². The first-order chi connectivity index (χ1) is 10.2. The molecule has 2 aromatic rings. The Balaban J connectivity index is 1.97. The van der Waals surface area contributed by atoms with Crippen LogP contribution in [0.3, 0.4) is 0 Å². The molecule has 0 atom stereocenters. The Morgan fingerprint density at radius 3 is 2.57 bits per heavy atom. The minimum atomic E-state index is -0.287. The van der Waals surface area contributed by atoms with Gasteiger partial charge in [-0.25, -0.2) is 0 Å². The van der Waals surface area contributed by atoms with Crippen molar-refractivity contribution in [3.05, 3.63) is 47.7 Å². The number of nitrogens with zero attached hydrogens (tertiary/aromatic N) is 2. The highest BCUT2D eigenvalue weighted by molar-refractivity contribution is 5.92. The van der Waals surface area contributed by atoms with E-state index in [1.807, 2.05) is 30.3 Å². The molecule has 0 aliphatic rings. The smallest absolute Gasteiger partial charge is 0.320 e. The number of carbonyl (C=O) groups is 1. The molecule has 1 aromatic heterocycles. The zero-order valence-electron chi connectivity index (χ0n) is 12.0. The molecule has 0 aliphatic carbocycles. The van der Waals surface area contributed by atoms with E-state index in [1.165, 1.54) is 20.3 Å². The van der Waals surface area contributed by atoms with Crippen LogP contribution in [0.15, 0.2) is 36.4 Å². The van der Waals surface area contributed by atoms with Crippen LogP contribution in [0.25, 0.3) is 0 Å². The third-order valence-electron chi connectivity index (χ3n) is 2.85. The maximum Gasteiger partial charge on any atom is 0.320 e. The van der Waals surface area contributed by atoms with E-state index in [0.29, 0.717) is 6.54 Å². The lowest BCUT2D eigenvalue weighted by atomic mass is 10.1. The molecule has 1 N–H and O–H groups in total. The lowest BCUT2D eigenvalue weighted by Gasteiger charge is -2.07. The van der Waals surface area contributed by atoms with Gasteiger partial charge in [0.1, 0.15) is 5.69 Å². The van der Waals surface area contributed by atoms with Crippen LogP contribution in [0.1, 0.15) is 16.1 Å². The second-order valence-corrected chi connectivity index (χ2v) is 4.27. The Morgan fingerprint density at radius 2 is 1.90 bits per heavy atom. The number of hydrogen-bond acceptors (Lipinski definition) is 5. The molecule has 6 nitrogen and oxygen atoms in total. The van der Waals surface area contributed by atoms with Crippen molar-refractivity contribution in [2.24, 2.45) is 0 Å². The molecule has 1 amide bonds. The van der Waals surface area contributed by atoms with Gasteiger partial charge in [-0.15, -0.1) is 0 Å². The topological polar surface area (TPSA) is 73.3 Å². The van der Waals surface area contributed by atoms with Crippen LogP contribution < -0.4 is 14.8 Å². The van der Waals surface area contributed by atoms with E-state index in [4.69, 9.17) is 9.47 Å². The van der Waals surface area contributed by atoms with E-state index in [0.717, 1.165) is 12.0 Å². The highest BCUT2D eigenvalue weighted by atomic mass is 16.5. The maximum absolute atomic E-state index is 12.1. The van der Waals surface area contributed by atoms with E-state index >= 15 is 0 Å². The Bertz CT molecular complexity index is 580. The van der Waals surface area contributed by atoms with Gasteiger partial charge < -0.3 is 14.8 Å². The van der Waals surface area contributed by atoms with Gasteiger partial charge in [-0.3, -0.25) is 4.79 Å². The third kappa shape index (κ3) is 4.17. The first-order valence-corrected chi connectivity index (χ1v) is 6.52. The Hall–Kier alpha value is -2.63. The highest BCUT2D eigenvalue weighted by Gasteiger charge is 2.12. The largest absolute Gasteiger partial charge is 0.481 e. The number of ether oxygens (including phenoxy) is 2. The Morgan fingerprint density at radius 1 is 1.14 bits per heavy atom. The average Bonchev–Trinajstić information content (AvgIpc) is 2.55. The fraction of sp³-hybridized carbons (Fsp3) is 0.267. The molecule has 0 fully saturated rings. The van der Waals surface area contributed by atoms with Crippen molar-refractivity contribution >= 4 is 5.91 Å². The fourth-order valence-electron chi connectivity index (χ4n) is 1.77. The van der Waals surface area contributed by atoms with Crippen molar-refractivity contribution in [3.63, 3.8) is 0 Å². The monoisotopic (exact) mass is 287 g/mol. The molecular weight excluding hydrogens is 270 g/mol. The molecule has 0 spiro atoms. The van der Waals surface area contributed by atoms with Gasteiger partial charge in [0, 0.05) is 12.6 Å². The quantitative estimate of drug-likeness (QED) is 0.871. The summed E-state index contributed by atoms with van der Waals surface area (Å²) in [6, 6.07) is 11.5. The van der Waals surface area contributed by atoms with Gasteiger partial charge in [0.05, 0.1) is 14.2 Å². The highest BCUT2D eigenvalue weighted by Crippen LogP contribution is 2.13. The number of benzene rings is 1. The van der Waals surface area contributed by atoms with Crippen LogP contribution >= 0.6 is 0 Å². The van der Waals surface area contributed by atoms with Crippen molar-refractivity contribution in [1.82, 2.24) is 15.3 Å². The summed E-state index contributed by atoms with van der Waals surface area (Å²) in [6.45, 7) is 0.525. The van der Waals surface area contributed by atoms with Gasteiger partial charge in [-0.05, 0) is 12.0 Å². The Kier molecular flexibility index (Phi) is 5.09. The van der Waals surface area contributed by atoms with E-state index in [9.17, 15) is 4.79 Å². The molecule has 6 heteroatoms. The van der Waals surface area contributed by atoms with Gasteiger partial charge in [-0.2, -0.15) is 9.97 Å². The summed E-state index contributed by atoms with van der Waals surface area (Å²) in [5.74, 6) is -0.00000880. The summed E-state index contributed by atoms with van der Waals surface area (Å²) < 4.78 is 9.95. The molecule has 0 radical (unpaired) electrons. The summed E-state index contributed by atoms with van der Waals surface area (Å²) >= 11 is 0. The standard InChI is InChI=1S/C15H17N3O3/c1-20-13-10-12(17-15(18-13)21-2)14(19)16-9-8-11-6-4-3-5-7-11/h3-7,10H,8-9H2,1-2H3,(H,16,19). The zero-order valence-corrected chi connectivity index (χ0v) is 12.0. The Labute approximate surface area is 123 Å². The van der Waals surface area contributed by atoms with Crippen LogP contribution in [0.2, 0.25) is 0 Å². The molecule has 1 heterocycles. The lowest BCUT2D eigenvalue weighted by molar-refractivity contribution is 0.0947. The third-order valence-corrected chi connectivity index (χ3v) is 2.85. The molecule has 0 unspecified atom stereocenters. The van der Waals surface area contributed by atoms with Crippen LogP contribution in [0.5, 0.6) is 11.9 Å². The number of carbonyl (C=O) groups excluding carboxylic acids is 1. The lowest BCUT2D eigenvalue weighted by Crippen LogP contribution is -2.26. The van der Waals surface area contributed by atoms with Crippen LogP contribution in [0.4, 0.5) is 0 Å². The zero-order chi connectivity index (χ0) is 15.1. The number of methoxy groups -OCH3 is 2. The minimum absolute atomic E-state index is 0.0996. The van der Waals surface area contributed by atoms with Gasteiger partial charge >= 0.3 is 6.01 Å². The fourth-order valence-corrected chi connectivity index (χ4v) is 1.77. The molecule has 0 saturated heterocycles. The summed E-state index contributed by atoms with van der Waals surface area (Å²) in [7, 11) is 2.91. The average molecular weight is 287 g/mol. The van der Waals surface area contributed by atoms with Gasteiger partial charge in [-0.1, -0.05) is 30.3 Å². The minimum Gasteiger partial charge on any atom is -0.481 e. The molecule has 2 rings (SSSR count). The molecule has 21 heavy (non-hydrogen) atoms.